The Bertz CT molecular complexity index is 775. The van der Waals surface area contributed by atoms with Crippen molar-refractivity contribution in [3.05, 3.63) is 47.5 Å². The lowest BCUT2D eigenvalue weighted by molar-refractivity contribution is -0.126. The van der Waals surface area contributed by atoms with E-state index in [-0.39, 0.29) is 30.5 Å². The molecule has 1 aromatic carbocycles. The van der Waals surface area contributed by atoms with Crippen LogP contribution in [0.4, 0.5) is 4.39 Å². The van der Waals surface area contributed by atoms with Crippen molar-refractivity contribution in [2.45, 2.75) is 39.0 Å². The van der Waals surface area contributed by atoms with E-state index in [0.29, 0.717) is 24.3 Å². The molecule has 0 bridgehead atoms. The van der Waals surface area contributed by atoms with E-state index in [2.05, 4.69) is 10.4 Å². The lowest BCUT2D eigenvalue weighted by Gasteiger charge is -2.17. The number of carbonyl (C=O) groups excluding carboxylic acids is 1. The minimum absolute atomic E-state index is 0.128. The zero-order valence-corrected chi connectivity index (χ0v) is 15.2. The van der Waals surface area contributed by atoms with Gasteiger partial charge >= 0.3 is 0 Å². The Balaban J connectivity index is 1.64. The van der Waals surface area contributed by atoms with Gasteiger partial charge in [-0.1, -0.05) is 6.07 Å². The van der Waals surface area contributed by atoms with E-state index in [1.807, 2.05) is 24.7 Å². The van der Waals surface area contributed by atoms with Gasteiger partial charge in [-0.15, -0.1) is 0 Å². The number of benzene rings is 1. The zero-order chi connectivity index (χ0) is 18.7. The molecule has 1 saturated heterocycles. The number of carbonyl (C=O) groups is 1. The molecule has 1 N–H and O–H groups in total. The average molecular weight is 361 g/mol. The number of rotatable bonds is 6. The van der Waals surface area contributed by atoms with Gasteiger partial charge < -0.3 is 14.8 Å². The SMILES string of the molecule is COc1ccc(CNC(=O)[C@@H]2CCO[C@H]2c2cnn(C(C)C)c2)c(F)c1. The number of halogens is 1. The highest BCUT2D eigenvalue weighted by Gasteiger charge is 2.36. The molecule has 1 aliphatic heterocycles. The second-order valence-electron chi connectivity index (χ2n) is 6.71. The first kappa shape index (κ1) is 18.4. The first-order chi connectivity index (χ1) is 12.5. The molecular weight excluding hydrogens is 337 g/mol. The van der Waals surface area contributed by atoms with Gasteiger partial charge in [-0.25, -0.2) is 4.39 Å². The molecule has 3 rings (SSSR count). The standard InChI is InChI=1S/C19H24FN3O3/c1-12(2)23-11-14(10-22-23)18-16(6-7-26-18)19(24)21-9-13-4-5-15(25-3)8-17(13)20/h4-5,8,10-12,16,18H,6-7,9H2,1-3H3,(H,21,24)/t16-,18+/m1/s1. The van der Waals surface area contributed by atoms with Crippen molar-refractivity contribution in [3.8, 4) is 5.75 Å². The molecule has 0 saturated carbocycles. The van der Waals surface area contributed by atoms with E-state index in [9.17, 15) is 9.18 Å². The summed E-state index contributed by atoms with van der Waals surface area (Å²) in [6, 6.07) is 4.84. The molecule has 1 aliphatic rings. The van der Waals surface area contributed by atoms with E-state index in [0.717, 1.165) is 5.56 Å². The second-order valence-corrected chi connectivity index (χ2v) is 6.71. The first-order valence-corrected chi connectivity index (χ1v) is 8.75. The lowest BCUT2D eigenvalue weighted by Crippen LogP contribution is -2.32. The van der Waals surface area contributed by atoms with Crippen molar-refractivity contribution in [1.82, 2.24) is 15.1 Å². The summed E-state index contributed by atoms with van der Waals surface area (Å²) in [4.78, 5) is 12.6. The number of methoxy groups -OCH3 is 1. The van der Waals surface area contributed by atoms with Crippen LogP contribution >= 0.6 is 0 Å². The quantitative estimate of drug-likeness (QED) is 0.859. The molecule has 2 atom stereocenters. The van der Waals surface area contributed by atoms with E-state index >= 15 is 0 Å². The third kappa shape index (κ3) is 3.88. The topological polar surface area (TPSA) is 65.4 Å². The van der Waals surface area contributed by atoms with Gasteiger partial charge in [-0.2, -0.15) is 5.10 Å². The first-order valence-electron chi connectivity index (χ1n) is 8.75. The van der Waals surface area contributed by atoms with Crippen molar-refractivity contribution in [3.63, 3.8) is 0 Å². The Kier molecular flexibility index (Phi) is 5.56. The van der Waals surface area contributed by atoms with Gasteiger partial charge in [0, 0.05) is 42.6 Å². The van der Waals surface area contributed by atoms with Crippen LogP contribution in [0.15, 0.2) is 30.6 Å². The lowest BCUT2D eigenvalue weighted by atomic mass is 9.96. The molecule has 140 valence electrons. The highest BCUT2D eigenvalue weighted by molar-refractivity contribution is 5.79. The number of hydrogen-bond acceptors (Lipinski definition) is 4. The van der Waals surface area contributed by atoms with Crippen LogP contribution < -0.4 is 10.1 Å². The van der Waals surface area contributed by atoms with Crippen LogP contribution in [0.1, 0.15) is 43.5 Å². The van der Waals surface area contributed by atoms with Gasteiger partial charge in [-0.3, -0.25) is 9.48 Å². The molecule has 0 spiro atoms. The molecular formula is C19H24FN3O3. The Morgan fingerprint density at radius 2 is 2.31 bits per heavy atom. The number of ether oxygens (including phenoxy) is 2. The monoisotopic (exact) mass is 361 g/mol. The molecule has 26 heavy (non-hydrogen) atoms. The Morgan fingerprint density at radius 1 is 1.50 bits per heavy atom. The summed E-state index contributed by atoms with van der Waals surface area (Å²) in [6.45, 7) is 4.73. The van der Waals surface area contributed by atoms with Gasteiger partial charge in [0.05, 0.1) is 25.3 Å². The van der Waals surface area contributed by atoms with Crippen LogP contribution in [-0.2, 0) is 16.1 Å². The maximum Gasteiger partial charge on any atom is 0.226 e. The van der Waals surface area contributed by atoms with E-state index in [1.165, 1.54) is 13.2 Å². The fourth-order valence-electron chi connectivity index (χ4n) is 3.08. The van der Waals surface area contributed by atoms with Gasteiger partial charge in [-0.05, 0) is 26.3 Å². The van der Waals surface area contributed by atoms with Gasteiger partial charge in [0.2, 0.25) is 5.91 Å². The Morgan fingerprint density at radius 3 is 2.96 bits per heavy atom. The molecule has 0 aliphatic carbocycles. The second kappa shape index (κ2) is 7.86. The highest BCUT2D eigenvalue weighted by Crippen LogP contribution is 2.34. The predicted octanol–water partition coefficient (Wildman–Crippen LogP) is 3.01. The number of amides is 1. The summed E-state index contributed by atoms with van der Waals surface area (Å²) >= 11 is 0. The smallest absolute Gasteiger partial charge is 0.226 e. The van der Waals surface area contributed by atoms with Crippen molar-refractivity contribution >= 4 is 5.91 Å². The Labute approximate surface area is 152 Å². The molecule has 1 aromatic heterocycles. The van der Waals surface area contributed by atoms with Gasteiger partial charge in [0.1, 0.15) is 11.6 Å². The molecule has 6 nitrogen and oxygen atoms in total. The number of nitrogens with one attached hydrogen (secondary N) is 1. The fourth-order valence-corrected chi connectivity index (χ4v) is 3.08. The minimum Gasteiger partial charge on any atom is -0.497 e. The van der Waals surface area contributed by atoms with Crippen LogP contribution in [-0.4, -0.2) is 29.4 Å². The molecule has 0 radical (unpaired) electrons. The van der Waals surface area contributed by atoms with Crippen molar-refractivity contribution < 1.29 is 18.7 Å². The molecule has 1 amide bonds. The molecule has 2 aromatic rings. The van der Waals surface area contributed by atoms with E-state index in [4.69, 9.17) is 9.47 Å². The van der Waals surface area contributed by atoms with Crippen molar-refractivity contribution in [1.29, 1.82) is 0 Å². The van der Waals surface area contributed by atoms with Crippen LogP contribution in [0.25, 0.3) is 0 Å². The predicted molar refractivity (Wildman–Crippen MR) is 94.2 cm³/mol. The summed E-state index contributed by atoms with van der Waals surface area (Å²) in [5, 5.41) is 7.14. The highest BCUT2D eigenvalue weighted by atomic mass is 19.1. The number of aromatic nitrogens is 2. The fraction of sp³-hybridized carbons (Fsp3) is 0.474. The molecule has 7 heteroatoms. The van der Waals surface area contributed by atoms with Gasteiger partial charge in [0.25, 0.3) is 0 Å². The summed E-state index contributed by atoms with van der Waals surface area (Å²) in [5.41, 5.74) is 1.31. The van der Waals surface area contributed by atoms with Crippen LogP contribution in [0.2, 0.25) is 0 Å². The number of hydrogen-bond donors (Lipinski definition) is 1. The molecule has 2 heterocycles. The molecule has 1 fully saturated rings. The largest absolute Gasteiger partial charge is 0.497 e. The van der Waals surface area contributed by atoms with Gasteiger partial charge in [0.15, 0.2) is 0 Å². The summed E-state index contributed by atoms with van der Waals surface area (Å²) in [5.74, 6) is -0.396. The third-order valence-electron chi connectivity index (χ3n) is 4.62. The van der Waals surface area contributed by atoms with Crippen LogP contribution in [0.3, 0.4) is 0 Å². The van der Waals surface area contributed by atoms with Crippen molar-refractivity contribution in [2.75, 3.05) is 13.7 Å². The van der Waals surface area contributed by atoms with Crippen LogP contribution in [0.5, 0.6) is 5.75 Å². The zero-order valence-electron chi connectivity index (χ0n) is 15.2. The third-order valence-corrected chi connectivity index (χ3v) is 4.62. The molecule has 0 unspecified atom stereocenters. The summed E-state index contributed by atoms with van der Waals surface area (Å²) in [7, 11) is 1.48. The van der Waals surface area contributed by atoms with Crippen molar-refractivity contribution in [2.24, 2.45) is 5.92 Å². The normalized spacial score (nSPS) is 19.7. The summed E-state index contributed by atoms with van der Waals surface area (Å²) < 4.78 is 26.6. The minimum atomic E-state index is -0.401. The summed E-state index contributed by atoms with van der Waals surface area (Å²) in [6.07, 6.45) is 3.99. The van der Waals surface area contributed by atoms with E-state index in [1.54, 1.807) is 18.3 Å². The Hall–Kier alpha value is -2.41. The maximum atomic E-state index is 14.0. The van der Waals surface area contributed by atoms with E-state index < -0.39 is 5.82 Å². The van der Waals surface area contributed by atoms with Crippen LogP contribution in [0, 0.1) is 11.7 Å². The maximum absolute atomic E-state index is 14.0. The average Bonchev–Trinajstić information content (AvgIpc) is 3.29. The number of nitrogens with zero attached hydrogens (tertiary/aromatic N) is 2.